The molecule has 0 radical (unpaired) electrons. The van der Waals surface area contributed by atoms with E-state index in [1.807, 2.05) is 0 Å². The number of aliphatic carboxylic acids is 1. The molecule has 0 aromatic heterocycles. The van der Waals surface area contributed by atoms with Crippen LogP contribution in [0.5, 0.6) is 0 Å². The van der Waals surface area contributed by atoms with E-state index in [2.05, 4.69) is 5.32 Å². The van der Waals surface area contributed by atoms with Crippen LogP contribution in [0.25, 0.3) is 0 Å². The van der Waals surface area contributed by atoms with Crippen molar-refractivity contribution < 1.29 is 19.4 Å². The molecular weight excluding hydrogens is 248 g/mol. The van der Waals surface area contributed by atoms with Gasteiger partial charge in [-0.05, 0) is 34.9 Å². The lowest BCUT2D eigenvalue weighted by atomic mass is 10.2. The van der Waals surface area contributed by atoms with Crippen LogP contribution < -0.4 is 5.32 Å². The molecule has 6 nitrogen and oxygen atoms in total. The fraction of sp³-hybridized carbons (Fsp3) is 0.800. The minimum atomic E-state index is -1.08. The molecule has 0 spiro atoms. The Morgan fingerprint density at radius 2 is 1.82 bits per heavy atom. The summed E-state index contributed by atoms with van der Waals surface area (Å²) in [7, 11) is 3.46. The number of likely N-dealkylation sites (N-methyl/N-ethyl adjacent to an activating group) is 1. The largest absolute Gasteiger partial charge is 0.480 e. The minimum absolute atomic E-state index is 0. The zero-order chi connectivity index (χ0) is 12.9. The number of amides is 1. The summed E-state index contributed by atoms with van der Waals surface area (Å²) in [5, 5.41) is 11.2. The van der Waals surface area contributed by atoms with Crippen molar-refractivity contribution in [2.45, 2.75) is 32.4 Å². The first kappa shape index (κ1) is 18.4. The van der Waals surface area contributed by atoms with Gasteiger partial charge in [0.25, 0.3) is 0 Å². The average Bonchev–Trinajstić information content (AvgIpc) is 1.97. The van der Waals surface area contributed by atoms with Crippen LogP contribution in [0.4, 0.5) is 4.79 Å². The SMILES string of the molecule is CN(C)CC(NC(=O)OC(C)(C)C)C(=O)O.Cl. The van der Waals surface area contributed by atoms with Crippen LogP contribution in [0.3, 0.4) is 0 Å². The van der Waals surface area contributed by atoms with Crippen LogP contribution in [0.2, 0.25) is 0 Å². The van der Waals surface area contributed by atoms with E-state index in [4.69, 9.17) is 9.84 Å². The average molecular weight is 269 g/mol. The molecule has 0 aromatic carbocycles. The monoisotopic (exact) mass is 268 g/mol. The number of rotatable bonds is 4. The summed E-state index contributed by atoms with van der Waals surface area (Å²) in [5.41, 5.74) is -0.634. The van der Waals surface area contributed by atoms with Crippen LogP contribution in [-0.2, 0) is 9.53 Å². The summed E-state index contributed by atoms with van der Waals surface area (Å²) in [4.78, 5) is 23.9. The third-order valence-corrected chi connectivity index (χ3v) is 1.54. The highest BCUT2D eigenvalue weighted by atomic mass is 35.5. The van der Waals surface area contributed by atoms with Gasteiger partial charge in [-0.3, -0.25) is 0 Å². The molecule has 102 valence electrons. The molecule has 0 rings (SSSR count). The highest BCUT2D eigenvalue weighted by molar-refractivity contribution is 5.85. The Morgan fingerprint density at radius 3 is 2.12 bits per heavy atom. The summed E-state index contributed by atoms with van der Waals surface area (Å²) in [6, 6.07) is -0.968. The Hall–Kier alpha value is -1.01. The van der Waals surface area contributed by atoms with E-state index in [1.165, 1.54) is 0 Å². The van der Waals surface area contributed by atoms with Crippen molar-refractivity contribution in [2.75, 3.05) is 20.6 Å². The summed E-state index contributed by atoms with van der Waals surface area (Å²) < 4.78 is 4.97. The zero-order valence-corrected chi connectivity index (χ0v) is 11.6. The Labute approximate surface area is 108 Å². The van der Waals surface area contributed by atoms with E-state index in [-0.39, 0.29) is 19.0 Å². The van der Waals surface area contributed by atoms with Crippen LogP contribution in [0.1, 0.15) is 20.8 Å². The van der Waals surface area contributed by atoms with E-state index in [9.17, 15) is 9.59 Å². The fourth-order valence-corrected chi connectivity index (χ4v) is 1.00. The molecule has 0 bridgehead atoms. The number of carbonyl (C=O) groups is 2. The van der Waals surface area contributed by atoms with Crippen LogP contribution in [0.15, 0.2) is 0 Å². The Kier molecular flexibility index (Phi) is 7.93. The lowest BCUT2D eigenvalue weighted by Gasteiger charge is -2.23. The first-order valence-electron chi connectivity index (χ1n) is 4.99. The van der Waals surface area contributed by atoms with Crippen molar-refractivity contribution >= 4 is 24.5 Å². The highest BCUT2D eigenvalue weighted by Crippen LogP contribution is 2.06. The second kappa shape index (κ2) is 7.34. The third kappa shape index (κ3) is 9.89. The molecule has 1 atom stereocenters. The van der Waals surface area contributed by atoms with Crippen molar-refractivity contribution in [3.63, 3.8) is 0 Å². The number of nitrogens with one attached hydrogen (secondary N) is 1. The molecule has 1 unspecified atom stereocenters. The van der Waals surface area contributed by atoms with Crippen molar-refractivity contribution in [1.29, 1.82) is 0 Å². The van der Waals surface area contributed by atoms with Crippen molar-refractivity contribution in [3.05, 3.63) is 0 Å². The summed E-state index contributed by atoms with van der Waals surface area (Å²) >= 11 is 0. The first-order valence-corrected chi connectivity index (χ1v) is 4.99. The maximum absolute atomic E-state index is 11.3. The Bertz CT molecular complexity index is 264. The molecule has 1 amide bonds. The van der Waals surface area contributed by atoms with Gasteiger partial charge >= 0.3 is 12.1 Å². The quantitative estimate of drug-likeness (QED) is 0.794. The van der Waals surface area contributed by atoms with E-state index in [0.717, 1.165) is 0 Å². The number of ether oxygens (including phenoxy) is 1. The molecule has 7 heteroatoms. The molecule has 0 aliphatic heterocycles. The van der Waals surface area contributed by atoms with Crippen LogP contribution in [0, 0.1) is 0 Å². The smallest absolute Gasteiger partial charge is 0.408 e. The van der Waals surface area contributed by atoms with Gasteiger partial charge in [-0.25, -0.2) is 9.59 Å². The van der Waals surface area contributed by atoms with Gasteiger partial charge in [0.05, 0.1) is 0 Å². The molecule has 17 heavy (non-hydrogen) atoms. The molecule has 0 aliphatic carbocycles. The number of carboxylic acids is 1. The van der Waals surface area contributed by atoms with E-state index in [0.29, 0.717) is 0 Å². The number of nitrogens with zero attached hydrogens (tertiary/aromatic N) is 1. The maximum Gasteiger partial charge on any atom is 0.408 e. The van der Waals surface area contributed by atoms with Gasteiger partial charge in [0.2, 0.25) is 0 Å². The number of carboxylic acid groups (broad SMARTS) is 1. The predicted octanol–water partition coefficient (Wildman–Crippen LogP) is 0.948. The number of alkyl carbamates (subject to hydrolysis) is 1. The maximum atomic E-state index is 11.3. The molecule has 0 aliphatic rings. The first-order chi connectivity index (χ1) is 7.11. The molecular formula is C10H21ClN2O4. The van der Waals surface area contributed by atoms with Gasteiger partial charge in [-0.1, -0.05) is 0 Å². The molecule has 0 aromatic rings. The van der Waals surface area contributed by atoms with Gasteiger partial charge in [-0.2, -0.15) is 0 Å². The number of carbonyl (C=O) groups excluding carboxylic acids is 1. The lowest BCUT2D eigenvalue weighted by molar-refractivity contribution is -0.139. The standard InChI is InChI=1S/C10H20N2O4.ClH/c1-10(2,3)16-9(15)11-7(8(13)14)6-12(4)5;/h7H,6H2,1-5H3,(H,11,15)(H,13,14);1H. The highest BCUT2D eigenvalue weighted by Gasteiger charge is 2.24. The summed E-state index contributed by atoms with van der Waals surface area (Å²) in [6.07, 6.45) is -0.721. The Balaban J connectivity index is 0. The summed E-state index contributed by atoms with van der Waals surface area (Å²) in [5.74, 6) is -1.08. The second-order valence-electron chi connectivity index (χ2n) is 4.80. The van der Waals surface area contributed by atoms with Crippen molar-refractivity contribution in [3.8, 4) is 0 Å². The van der Waals surface area contributed by atoms with E-state index in [1.54, 1.807) is 39.8 Å². The second-order valence-corrected chi connectivity index (χ2v) is 4.80. The van der Waals surface area contributed by atoms with Gasteiger partial charge in [-0.15, -0.1) is 12.4 Å². The topological polar surface area (TPSA) is 78.9 Å². The summed E-state index contributed by atoms with van der Waals surface area (Å²) in [6.45, 7) is 5.37. The van der Waals surface area contributed by atoms with Crippen molar-refractivity contribution in [1.82, 2.24) is 10.2 Å². The van der Waals surface area contributed by atoms with Gasteiger partial charge in [0.1, 0.15) is 11.6 Å². The third-order valence-electron chi connectivity index (χ3n) is 1.54. The molecule has 2 N–H and O–H groups in total. The van der Waals surface area contributed by atoms with Crippen molar-refractivity contribution in [2.24, 2.45) is 0 Å². The number of hydrogen-bond acceptors (Lipinski definition) is 4. The van der Waals surface area contributed by atoms with Gasteiger partial charge in [0, 0.05) is 6.54 Å². The molecule has 0 saturated heterocycles. The van der Waals surface area contributed by atoms with Crippen LogP contribution in [-0.4, -0.2) is 54.4 Å². The normalized spacial score (nSPS) is 12.6. The van der Waals surface area contributed by atoms with Crippen LogP contribution >= 0.6 is 12.4 Å². The lowest BCUT2D eigenvalue weighted by Crippen LogP contribution is -2.48. The van der Waals surface area contributed by atoms with Gasteiger partial charge in [0.15, 0.2) is 0 Å². The van der Waals surface area contributed by atoms with E-state index >= 15 is 0 Å². The molecule has 0 heterocycles. The zero-order valence-electron chi connectivity index (χ0n) is 10.8. The number of hydrogen-bond donors (Lipinski definition) is 2. The molecule has 0 saturated carbocycles. The predicted molar refractivity (Wildman–Crippen MR) is 66.6 cm³/mol. The fourth-order valence-electron chi connectivity index (χ4n) is 1.00. The molecule has 0 fully saturated rings. The van der Waals surface area contributed by atoms with Gasteiger partial charge < -0.3 is 20.1 Å². The Morgan fingerprint density at radius 1 is 1.35 bits per heavy atom. The van der Waals surface area contributed by atoms with E-state index < -0.39 is 23.7 Å². The number of halogens is 1. The minimum Gasteiger partial charge on any atom is -0.480 e.